The minimum atomic E-state index is -0.881. The summed E-state index contributed by atoms with van der Waals surface area (Å²) < 4.78 is 34.4. The molecule has 0 spiro atoms. The zero-order valence-electron chi connectivity index (χ0n) is 18.9. The fourth-order valence-corrected chi connectivity index (χ4v) is 4.27. The number of likely N-dealkylation sites (tertiary alicyclic amines) is 1. The van der Waals surface area contributed by atoms with Crippen LogP contribution in [-0.4, -0.2) is 34.3 Å². The second kappa shape index (κ2) is 8.45. The van der Waals surface area contributed by atoms with Crippen LogP contribution in [0.4, 0.5) is 25.0 Å². The SMILES string of the molecule is Cn1cc(C2CCN(C(=O)OC(C)(C)C)CC2)c2cc(Nc3ccc(F)c(F)c3)ccc21. The van der Waals surface area contributed by atoms with Crippen molar-refractivity contribution in [3.63, 3.8) is 0 Å². The summed E-state index contributed by atoms with van der Waals surface area (Å²) in [6, 6.07) is 9.78. The van der Waals surface area contributed by atoms with E-state index in [1.807, 2.05) is 46.0 Å². The van der Waals surface area contributed by atoms with Crippen molar-refractivity contribution in [3.05, 3.63) is 59.8 Å². The summed E-state index contributed by atoms with van der Waals surface area (Å²) in [5.74, 6) is -1.42. The first kappa shape index (κ1) is 22.1. The van der Waals surface area contributed by atoms with Gasteiger partial charge in [-0.25, -0.2) is 13.6 Å². The van der Waals surface area contributed by atoms with Gasteiger partial charge in [-0.05, 0) is 75.4 Å². The van der Waals surface area contributed by atoms with Gasteiger partial charge in [0.05, 0.1) is 0 Å². The first-order valence-corrected chi connectivity index (χ1v) is 10.9. The molecule has 0 aliphatic carbocycles. The Balaban J connectivity index is 1.52. The first-order valence-electron chi connectivity index (χ1n) is 10.9. The van der Waals surface area contributed by atoms with Gasteiger partial charge in [0, 0.05) is 54.7 Å². The molecular formula is C25H29F2N3O2. The molecule has 7 heteroatoms. The van der Waals surface area contributed by atoms with Gasteiger partial charge in [0.15, 0.2) is 11.6 Å². The van der Waals surface area contributed by atoms with Gasteiger partial charge < -0.3 is 19.5 Å². The van der Waals surface area contributed by atoms with Crippen LogP contribution in [0.2, 0.25) is 0 Å². The lowest BCUT2D eigenvalue weighted by Gasteiger charge is -2.33. The maximum Gasteiger partial charge on any atom is 0.410 e. The van der Waals surface area contributed by atoms with E-state index in [-0.39, 0.29) is 6.09 Å². The van der Waals surface area contributed by atoms with Gasteiger partial charge in [0.25, 0.3) is 0 Å². The van der Waals surface area contributed by atoms with Gasteiger partial charge in [-0.3, -0.25) is 0 Å². The average molecular weight is 442 g/mol. The number of amides is 1. The van der Waals surface area contributed by atoms with Gasteiger partial charge in [-0.15, -0.1) is 0 Å². The number of hydrogen-bond donors (Lipinski definition) is 1. The van der Waals surface area contributed by atoms with Crippen LogP contribution >= 0.6 is 0 Å². The number of nitrogens with zero attached hydrogens (tertiary/aromatic N) is 2. The molecule has 1 amide bonds. The molecule has 4 rings (SSSR count). The Bertz CT molecular complexity index is 1140. The third-order valence-electron chi connectivity index (χ3n) is 5.82. The molecule has 1 fully saturated rings. The zero-order chi connectivity index (χ0) is 23.0. The monoisotopic (exact) mass is 441 g/mol. The van der Waals surface area contributed by atoms with E-state index in [1.165, 1.54) is 11.6 Å². The Kier molecular flexibility index (Phi) is 5.84. The summed E-state index contributed by atoms with van der Waals surface area (Å²) in [5, 5.41) is 4.28. The molecule has 0 unspecified atom stereocenters. The Morgan fingerprint density at radius 2 is 1.69 bits per heavy atom. The standard InChI is InChI=1S/C25H29F2N3O2/c1-25(2,3)32-24(31)30-11-9-16(10-12-30)20-15-29(4)23-8-6-17(13-19(20)23)28-18-5-7-21(26)22(27)14-18/h5-8,13-16,28H,9-12H2,1-4H3. The van der Waals surface area contributed by atoms with E-state index in [0.717, 1.165) is 41.6 Å². The normalized spacial score (nSPS) is 15.2. The smallest absolute Gasteiger partial charge is 0.410 e. The molecule has 2 heterocycles. The molecule has 32 heavy (non-hydrogen) atoms. The molecule has 1 saturated heterocycles. The number of piperidine rings is 1. The number of hydrogen-bond acceptors (Lipinski definition) is 3. The van der Waals surface area contributed by atoms with Crippen LogP contribution in [0.25, 0.3) is 10.9 Å². The average Bonchev–Trinajstić information content (AvgIpc) is 3.05. The van der Waals surface area contributed by atoms with E-state index in [1.54, 1.807) is 4.90 Å². The van der Waals surface area contributed by atoms with Crippen molar-refractivity contribution in [2.24, 2.45) is 7.05 Å². The molecule has 0 saturated carbocycles. The number of carbonyl (C=O) groups is 1. The number of benzene rings is 2. The van der Waals surface area contributed by atoms with Crippen molar-refractivity contribution in [1.29, 1.82) is 0 Å². The van der Waals surface area contributed by atoms with Gasteiger partial charge in [-0.2, -0.15) is 0 Å². The minimum absolute atomic E-state index is 0.258. The van der Waals surface area contributed by atoms with Crippen LogP contribution in [0.15, 0.2) is 42.6 Å². The molecule has 0 atom stereocenters. The van der Waals surface area contributed by atoms with E-state index >= 15 is 0 Å². The predicted molar refractivity (Wildman–Crippen MR) is 122 cm³/mol. The van der Waals surface area contributed by atoms with Gasteiger partial charge in [0.1, 0.15) is 5.60 Å². The van der Waals surface area contributed by atoms with Gasteiger partial charge in [0.2, 0.25) is 0 Å². The molecule has 170 valence electrons. The number of fused-ring (bicyclic) bond motifs is 1. The Labute approximate surface area is 187 Å². The summed E-state index contributed by atoms with van der Waals surface area (Å²) in [7, 11) is 2.02. The highest BCUT2D eigenvalue weighted by atomic mass is 19.2. The van der Waals surface area contributed by atoms with Gasteiger partial charge in [-0.1, -0.05) is 0 Å². The zero-order valence-corrected chi connectivity index (χ0v) is 18.9. The fourth-order valence-electron chi connectivity index (χ4n) is 4.27. The third-order valence-corrected chi connectivity index (χ3v) is 5.82. The molecular weight excluding hydrogens is 412 g/mol. The Morgan fingerprint density at radius 1 is 1.03 bits per heavy atom. The highest BCUT2D eigenvalue weighted by Crippen LogP contribution is 2.36. The number of rotatable bonds is 3. The molecule has 1 N–H and O–H groups in total. The molecule has 0 radical (unpaired) electrons. The second-order valence-electron chi connectivity index (χ2n) is 9.42. The molecule has 1 aromatic heterocycles. The number of anilines is 2. The van der Waals surface area contributed by atoms with E-state index in [4.69, 9.17) is 4.74 Å². The molecule has 5 nitrogen and oxygen atoms in total. The van der Waals surface area contributed by atoms with Crippen molar-refractivity contribution >= 4 is 28.4 Å². The van der Waals surface area contributed by atoms with Crippen LogP contribution in [-0.2, 0) is 11.8 Å². The summed E-state index contributed by atoms with van der Waals surface area (Å²) in [4.78, 5) is 14.2. The molecule has 1 aliphatic rings. The van der Waals surface area contributed by atoms with Crippen molar-refractivity contribution in [2.75, 3.05) is 18.4 Å². The van der Waals surface area contributed by atoms with E-state index in [9.17, 15) is 13.6 Å². The van der Waals surface area contributed by atoms with Crippen molar-refractivity contribution < 1.29 is 18.3 Å². The van der Waals surface area contributed by atoms with Crippen LogP contribution in [0, 0.1) is 11.6 Å². The summed E-state index contributed by atoms with van der Waals surface area (Å²) in [6.45, 7) is 6.94. The van der Waals surface area contributed by atoms with Crippen LogP contribution in [0.3, 0.4) is 0 Å². The summed E-state index contributed by atoms with van der Waals surface area (Å²) >= 11 is 0. The topological polar surface area (TPSA) is 46.5 Å². The second-order valence-corrected chi connectivity index (χ2v) is 9.42. The number of ether oxygens (including phenoxy) is 1. The molecule has 0 bridgehead atoms. The molecule has 3 aromatic rings. The number of aromatic nitrogens is 1. The van der Waals surface area contributed by atoms with Crippen LogP contribution in [0.1, 0.15) is 45.1 Å². The quantitative estimate of drug-likeness (QED) is 0.518. The van der Waals surface area contributed by atoms with Crippen LogP contribution in [0.5, 0.6) is 0 Å². The van der Waals surface area contributed by atoms with Gasteiger partial charge >= 0.3 is 6.09 Å². The Hall–Kier alpha value is -3.09. The van der Waals surface area contributed by atoms with E-state index < -0.39 is 17.2 Å². The van der Waals surface area contributed by atoms with Crippen molar-refractivity contribution in [3.8, 4) is 0 Å². The lowest BCUT2D eigenvalue weighted by atomic mass is 9.89. The van der Waals surface area contributed by atoms with Crippen LogP contribution < -0.4 is 5.32 Å². The molecule has 2 aromatic carbocycles. The Morgan fingerprint density at radius 3 is 2.34 bits per heavy atom. The summed E-state index contributed by atoms with van der Waals surface area (Å²) in [5.41, 5.74) is 3.14. The lowest BCUT2D eigenvalue weighted by Crippen LogP contribution is -2.41. The number of aryl methyl sites for hydroxylation is 1. The number of halogens is 2. The highest BCUT2D eigenvalue weighted by Gasteiger charge is 2.28. The summed E-state index contributed by atoms with van der Waals surface area (Å²) in [6.07, 6.45) is 3.62. The number of carbonyl (C=O) groups excluding carboxylic acids is 1. The van der Waals surface area contributed by atoms with E-state index in [0.29, 0.717) is 24.7 Å². The fraction of sp³-hybridized carbons (Fsp3) is 0.400. The largest absolute Gasteiger partial charge is 0.444 e. The van der Waals surface area contributed by atoms with Crippen molar-refractivity contribution in [2.45, 2.75) is 45.1 Å². The maximum absolute atomic E-state index is 13.6. The first-order chi connectivity index (χ1) is 15.1. The lowest BCUT2D eigenvalue weighted by molar-refractivity contribution is 0.0205. The maximum atomic E-state index is 13.6. The minimum Gasteiger partial charge on any atom is -0.444 e. The highest BCUT2D eigenvalue weighted by molar-refractivity contribution is 5.88. The third kappa shape index (κ3) is 4.71. The molecule has 1 aliphatic heterocycles. The predicted octanol–water partition coefficient (Wildman–Crippen LogP) is 6.31. The van der Waals surface area contributed by atoms with Crippen molar-refractivity contribution in [1.82, 2.24) is 9.47 Å². The van der Waals surface area contributed by atoms with E-state index in [2.05, 4.69) is 16.1 Å². The number of nitrogens with one attached hydrogen (secondary N) is 1.